The smallest absolute Gasteiger partial charge is 0.143 e. The Balaban J connectivity index is 0.865. The van der Waals surface area contributed by atoms with Gasteiger partial charge in [-0.25, -0.2) is 0 Å². The molecule has 3 aliphatic rings. The highest BCUT2D eigenvalue weighted by Crippen LogP contribution is 2.66. The average molecular weight is 948 g/mol. The van der Waals surface area contributed by atoms with Crippen molar-refractivity contribution < 1.29 is 4.42 Å². The van der Waals surface area contributed by atoms with Gasteiger partial charge in [-0.05, 0) is 126 Å². The van der Waals surface area contributed by atoms with Crippen molar-refractivity contribution in [3.05, 3.63) is 270 Å². The molecular formula is C70H45NOS. The quantitative estimate of drug-likeness (QED) is 0.171. The number of anilines is 3. The lowest BCUT2D eigenvalue weighted by molar-refractivity contribution is 0.660. The number of benzene rings is 11. The average Bonchev–Trinajstić information content (AvgIpc) is 4.32. The molecule has 0 bridgehead atoms. The van der Waals surface area contributed by atoms with Crippen molar-refractivity contribution in [1.29, 1.82) is 0 Å². The molecular weight excluding hydrogens is 903 g/mol. The molecule has 2 aromatic heterocycles. The van der Waals surface area contributed by atoms with Crippen LogP contribution in [-0.4, -0.2) is 0 Å². The molecule has 73 heavy (non-hydrogen) atoms. The van der Waals surface area contributed by atoms with Crippen molar-refractivity contribution in [2.45, 2.75) is 24.7 Å². The third-order valence-corrected chi connectivity index (χ3v) is 17.9. The predicted octanol–water partition coefficient (Wildman–Crippen LogP) is 19.4. The Labute approximate surface area is 427 Å². The molecule has 0 fully saturated rings. The summed E-state index contributed by atoms with van der Waals surface area (Å²) < 4.78 is 9.22. The van der Waals surface area contributed by atoms with Gasteiger partial charge in [0, 0.05) is 64.5 Å². The van der Waals surface area contributed by atoms with E-state index in [1.807, 2.05) is 17.4 Å². The van der Waals surface area contributed by atoms with E-state index in [9.17, 15) is 0 Å². The fraction of sp³-hybridized carbons (Fsp3) is 0.0571. The second kappa shape index (κ2) is 14.9. The summed E-state index contributed by atoms with van der Waals surface area (Å²) in [6.07, 6.45) is 0. The Bertz CT molecular complexity index is 4470. The van der Waals surface area contributed by atoms with E-state index in [0.29, 0.717) is 0 Å². The first-order valence-corrected chi connectivity index (χ1v) is 26.2. The minimum absolute atomic E-state index is 0.145. The van der Waals surface area contributed by atoms with E-state index in [-0.39, 0.29) is 5.41 Å². The number of thiophene rings is 1. The molecule has 1 unspecified atom stereocenters. The topological polar surface area (TPSA) is 16.4 Å². The van der Waals surface area contributed by atoms with Crippen molar-refractivity contribution in [2.75, 3.05) is 4.90 Å². The SMILES string of the molecule is CC1(C)c2ccccc2-c2ccc(N(c3ccc(-c4cccc5c4C4(c6ccccc6-5)c5ccccc5-c5c4ccc4c5sc5ccccc54)cc3)c3ccc(-c4cccc5c4oc4ccccc45)cc3)cc21. The molecule has 1 atom stereocenters. The van der Waals surface area contributed by atoms with E-state index in [1.54, 1.807) is 0 Å². The van der Waals surface area contributed by atoms with Gasteiger partial charge in [-0.1, -0.05) is 202 Å². The second-order valence-electron chi connectivity index (χ2n) is 20.6. The van der Waals surface area contributed by atoms with E-state index in [0.717, 1.165) is 50.1 Å². The van der Waals surface area contributed by atoms with Crippen molar-refractivity contribution >= 4 is 70.5 Å². The molecule has 1 spiro atoms. The van der Waals surface area contributed by atoms with Crippen LogP contribution in [0.15, 0.2) is 241 Å². The summed E-state index contributed by atoms with van der Waals surface area (Å²) in [5, 5.41) is 4.93. The first kappa shape index (κ1) is 40.9. The summed E-state index contributed by atoms with van der Waals surface area (Å²) in [6, 6.07) is 88.3. The second-order valence-corrected chi connectivity index (χ2v) is 21.7. The number of furan rings is 1. The highest BCUT2D eigenvalue weighted by molar-refractivity contribution is 7.26. The number of hydrogen-bond donors (Lipinski definition) is 0. The molecule has 13 aromatic rings. The molecule has 3 heteroatoms. The standard InChI is InChI=1S/C70H45NOS/c1-69(2)58-24-8-3-15-49(58)51-38-37-46(41-62(51)69)71(45-35-31-43(32-36-45)48-21-14-23-55-52-17-6-11-27-63(52)72-67(48)55)44-33-29-42(30-34-44)47-20-13-22-54-50-16-4-9-25-59(50)70(66(47)54)60-26-10-5-19-57(60)65-61(70)40-39-56-53-18-7-12-28-64(53)73-68(56)65/h3-41H,1-2H3. The maximum absolute atomic E-state index is 6.52. The van der Waals surface area contributed by atoms with Crippen LogP contribution >= 0.6 is 11.3 Å². The van der Waals surface area contributed by atoms with Crippen LogP contribution < -0.4 is 4.90 Å². The van der Waals surface area contributed by atoms with Crippen LogP contribution in [0.5, 0.6) is 0 Å². The molecule has 3 aliphatic carbocycles. The van der Waals surface area contributed by atoms with E-state index < -0.39 is 5.41 Å². The lowest BCUT2D eigenvalue weighted by Crippen LogP contribution is -2.26. The maximum atomic E-state index is 6.52. The molecule has 16 rings (SSSR count). The molecule has 0 radical (unpaired) electrons. The lowest BCUT2D eigenvalue weighted by Gasteiger charge is -2.32. The number of rotatable bonds is 5. The van der Waals surface area contributed by atoms with E-state index >= 15 is 0 Å². The van der Waals surface area contributed by atoms with Crippen LogP contribution in [0.25, 0.3) is 97.7 Å². The minimum atomic E-state index is -0.493. The molecule has 2 nitrogen and oxygen atoms in total. The molecule has 0 saturated heterocycles. The van der Waals surface area contributed by atoms with Crippen molar-refractivity contribution in [3.8, 4) is 55.6 Å². The monoisotopic (exact) mass is 947 g/mol. The summed E-state index contributed by atoms with van der Waals surface area (Å²) in [6.45, 7) is 4.73. The van der Waals surface area contributed by atoms with Gasteiger partial charge in [-0.3, -0.25) is 0 Å². The van der Waals surface area contributed by atoms with Gasteiger partial charge in [0.25, 0.3) is 0 Å². The van der Waals surface area contributed by atoms with Gasteiger partial charge in [-0.2, -0.15) is 0 Å². The fourth-order valence-electron chi connectivity index (χ4n) is 13.5. The van der Waals surface area contributed by atoms with E-state index in [1.165, 1.54) is 98.1 Å². The summed E-state index contributed by atoms with van der Waals surface area (Å²) in [4.78, 5) is 2.43. The van der Waals surface area contributed by atoms with Crippen LogP contribution in [0.1, 0.15) is 47.2 Å². The Morgan fingerprint density at radius 1 is 0.370 bits per heavy atom. The molecule has 0 N–H and O–H groups in total. The van der Waals surface area contributed by atoms with E-state index in [4.69, 9.17) is 4.42 Å². The van der Waals surface area contributed by atoms with Gasteiger partial charge in [0.1, 0.15) is 11.2 Å². The number of hydrogen-bond acceptors (Lipinski definition) is 3. The van der Waals surface area contributed by atoms with Gasteiger partial charge in [0.15, 0.2) is 0 Å². The predicted molar refractivity (Wildman–Crippen MR) is 306 cm³/mol. The highest BCUT2D eigenvalue weighted by atomic mass is 32.1. The van der Waals surface area contributed by atoms with Crippen molar-refractivity contribution in [2.24, 2.45) is 0 Å². The Morgan fingerprint density at radius 2 is 0.918 bits per heavy atom. The van der Waals surface area contributed by atoms with Gasteiger partial charge < -0.3 is 9.32 Å². The third-order valence-electron chi connectivity index (χ3n) is 16.7. The van der Waals surface area contributed by atoms with Crippen LogP contribution in [-0.2, 0) is 10.8 Å². The van der Waals surface area contributed by atoms with E-state index in [2.05, 4.69) is 249 Å². The summed E-state index contributed by atoms with van der Waals surface area (Å²) in [5.41, 5.74) is 25.3. The number of fused-ring (bicyclic) bond motifs is 20. The first-order chi connectivity index (χ1) is 36.0. The van der Waals surface area contributed by atoms with Crippen LogP contribution in [0, 0.1) is 0 Å². The summed E-state index contributed by atoms with van der Waals surface area (Å²) >= 11 is 1.93. The molecule has 0 aliphatic heterocycles. The third kappa shape index (κ3) is 5.47. The van der Waals surface area contributed by atoms with Crippen molar-refractivity contribution in [1.82, 2.24) is 0 Å². The minimum Gasteiger partial charge on any atom is -0.455 e. The summed E-state index contributed by atoms with van der Waals surface area (Å²) in [7, 11) is 0. The largest absolute Gasteiger partial charge is 0.455 e. The van der Waals surface area contributed by atoms with Gasteiger partial charge in [0.05, 0.1) is 5.41 Å². The summed E-state index contributed by atoms with van der Waals surface area (Å²) in [5.74, 6) is 0. The molecule has 2 heterocycles. The Morgan fingerprint density at radius 3 is 1.70 bits per heavy atom. The normalized spacial score (nSPS) is 15.4. The molecule has 0 saturated carbocycles. The Kier molecular flexibility index (Phi) is 8.35. The zero-order chi connectivity index (χ0) is 48.2. The molecule has 342 valence electrons. The zero-order valence-electron chi connectivity index (χ0n) is 40.3. The van der Waals surface area contributed by atoms with Gasteiger partial charge >= 0.3 is 0 Å². The van der Waals surface area contributed by atoms with Gasteiger partial charge in [0.2, 0.25) is 0 Å². The molecule has 11 aromatic carbocycles. The lowest BCUT2D eigenvalue weighted by atomic mass is 9.68. The van der Waals surface area contributed by atoms with Crippen LogP contribution in [0.3, 0.4) is 0 Å². The zero-order valence-corrected chi connectivity index (χ0v) is 41.1. The number of nitrogens with zero attached hydrogens (tertiary/aromatic N) is 1. The molecule has 0 amide bonds. The van der Waals surface area contributed by atoms with Crippen LogP contribution in [0.4, 0.5) is 17.1 Å². The van der Waals surface area contributed by atoms with Gasteiger partial charge in [-0.15, -0.1) is 11.3 Å². The fourth-order valence-corrected chi connectivity index (χ4v) is 14.8. The first-order valence-electron chi connectivity index (χ1n) is 25.4. The van der Waals surface area contributed by atoms with Crippen molar-refractivity contribution in [3.63, 3.8) is 0 Å². The number of para-hydroxylation sites is 2. The highest BCUT2D eigenvalue weighted by Gasteiger charge is 2.53. The van der Waals surface area contributed by atoms with Crippen LogP contribution in [0.2, 0.25) is 0 Å². The Hall–Kier alpha value is -8.76. The maximum Gasteiger partial charge on any atom is 0.143 e.